The van der Waals surface area contributed by atoms with E-state index < -0.39 is 17.8 Å². The van der Waals surface area contributed by atoms with E-state index in [-0.39, 0.29) is 41.1 Å². The van der Waals surface area contributed by atoms with E-state index in [0.29, 0.717) is 23.5 Å². The maximum absolute atomic E-state index is 13.7. The summed E-state index contributed by atoms with van der Waals surface area (Å²) in [5, 5.41) is 10.2. The molecule has 11 nitrogen and oxygen atoms in total. The molecule has 0 spiro atoms. The highest BCUT2D eigenvalue weighted by atomic mass is 19.4. The number of carbonyl (C=O) groups excluding carboxylic acids is 2. The molecule has 0 aliphatic carbocycles. The SMILES string of the molecule is CC1CCN(C(=O)Cn2cnc(NC(=O)c3cnn4c(C(F)(F)F)cc(-c5ccco5)nc34)n2)CC1. The van der Waals surface area contributed by atoms with Crippen LogP contribution in [0.2, 0.25) is 0 Å². The average Bonchev–Trinajstić information content (AvgIpc) is 3.59. The van der Waals surface area contributed by atoms with Crippen molar-refractivity contribution in [3.8, 4) is 11.5 Å². The molecule has 14 heteroatoms. The first kappa shape index (κ1) is 23.5. The van der Waals surface area contributed by atoms with Crippen LogP contribution in [0.4, 0.5) is 19.1 Å². The number of likely N-dealkylation sites (tertiary alicyclic amines) is 1. The molecule has 0 radical (unpaired) electrons. The van der Waals surface area contributed by atoms with E-state index >= 15 is 0 Å². The summed E-state index contributed by atoms with van der Waals surface area (Å²) in [6.45, 7) is 3.46. The number of rotatable bonds is 5. The molecule has 0 saturated carbocycles. The van der Waals surface area contributed by atoms with Gasteiger partial charge in [-0.25, -0.2) is 19.2 Å². The quantitative estimate of drug-likeness (QED) is 0.445. The summed E-state index contributed by atoms with van der Waals surface area (Å²) in [7, 11) is 0. The number of hydrogen-bond donors (Lipinski definition) is 1. The zero-order chi connectivity index (χ0) is 25.4. The van der Waals surface area contributed by atoms with E-state index in [0.717, 1.165) is 25.1 Å². The van der Waals surface area contributed by atoms with E-state index in [1.54, 1.807) is 4.90 Å². The van der Waals surface area contributed by atoms with E-state index in [1.165, 1.54) is 29.4 Å². The second-order valence-electron chi connectivity index (χ2n) is 8.58. The third-order valence-corrected chi connectivity index (χ3v) is 5.98. The summed E-state index contributed by atoms with van der Waals surface area (Å²) < 4.78 is 48.1. The lowest BCUT2D eigenvalue weighted by molar-refractivity contribution is -0.142. The Morgan fingerprint density at radius 3 is 2.72 bits per heavy atom. The van der Waals surface area contributed by atoms with Crippen molar-refractivity contribution in [2.75, 3.05) is 18.4 Å². The number of carbonyl (C=O) groups is 2. The molecule has 5 heterocycles. The minimum Gasteiger partial charge on any atom is -0.463 e. The van der Waals surface area contributed by atoms with Gasteiger partial charge in [-0.2, -0.15) is 18.3 Å². The van der Waals surface area contributed by atoms with Crippen LogP contribution in [0.1, 0.15) is 35.8 Å². The van der Waals surface area contributed by atoms with E-state index in [9.17, 15) is 22.8 Å². The first-order valence-electron chi connectivity index (χ1n) is 11.2. The predicted molar refractivity (Wildman–Crippen MR) is 119 cm³/mol. The Hall–Kier alpha value is -4.23. The topological polar surface area (TPSA) is 123 Å². The Morgan fingerprint density at radius 2 is 2.03 bits per heavy atom. The number of piperidine rings is 1. The van der Waals surface area contributed by atoms with Crippen LogP contribution in [0.3, 0.4) is 0 Å². The van der Waals surface area contributed by atoms with Crippen LogP contribution >= 0.6 is 0 Å². The van der Waals surface area contributed by atoms with Gasteiger partial charge in [-0.1, -0.05) is 6.92 Å². The molecule has 36 heavy (non-hydrogen) atoms. The molecule has 0 atom stereocenters. The maximum atomic E-state index is 13.7. The molecule has 4 aromatic rings. The van der Waals surface area contributed by atoms with Crippen molar-refractivity contribution in [2.45, 2.75) is 32.5 Å². The second kappa shape index (κ2) is 9.09. The third-order valence-electron chi connectivity index (χ3n) is 5.98. The molecule has 1 saturated heterocycles. The van der Waals surface area contributed by atoms with Crippen molar-refractivity contribution in [3.05, 3.63) is 48.2 Å². The smallest absolute Gasteiger partial charge is 0.433 e. The Labute approximate surface area is 201 Å². The number of hydrogen-bond acceptors (Lipinski definition) is 7. The fourth-order valence-corrected chi connectivity index (χ4v) is 3.97. The second-order valence-corrected chi connectivity index (χ2v) is 8.58. The van der Waals surface area contributed by atoms with E-state index in [2.05, 4.69) is 32.4 Å². The van der Waals surface area contributed by atoms with Gasteiger partial charge < -0.3 is 9.32 Å². The Balaban J connectivity index is 1.36. The van der Waals surface area contributed by atoms with Crippen LogP contribution in [0.5, 0.6) is 0 Å². The fraction of sp³-hybridized carbons (Fsp3) is 0.364. The molecule has 1 aliphatic rings. The molecule has 1 fully saturated rings. The molecule has 5 rings (SSSR count). The third kappa shape index (κ3) is 4.65. The number of nitrogens with zero attached hydrogens (tertiary/aromatic N) is 7. The monoisotopic (exact) mass is 502 g/mol. The number of amides is 2. The van der Waals surface area contributed by atoms with Crippen LogP contribution in [0, 0.1) is 5.92 Å². The number of nitrogens with one attached hydrogen (secondary N) is 1. The molecule has 1 aliphatic heterocycles. The highest BCUT2D eigenvalue weighted by Crippen LogP contribution is 2.33. The summed E-state index contributed by atoms with van der Waals surface area (Å²) in [5.41, 5.74) is -1.76. The van der Waals surface area contributed by atoms with E-state index in [1.807, 2.05) is 0 Å². The number of anilines is 1. The lowest BCUT2D eigenvalue weighted by Crippen LogP contribution is -2.39. The molecule has 0 aromatic carbocycles. The largest absolute Gasteiger partial charge is 0.463 e. The van der Waals surface area contributed by atoms with Gasteiger partial charge in [0.1, 0.15) is 24.1 Å². The van der Waals surface area contributed by atoms with Crippen molar-refractivity contribution in [2.24, 2.45) is 5.92 Å². The number of furan rings is 1. The van der Waals surface area contributed by atoms with Crippen molar-refractivity contribution in [1.29, 1.82) is 0 Å². The summed E-state index contributed by atoms with van der Waals surface area (Å²) in [6, 6.07) is 3.76. The van der Waals surface area contributed by atoms with Gasteiger partial charge in [-0.05, 0) is 37.0 Å². The number of fused-ring (bicyclic) bond motifs is 1. The molecule has 0 unspecified atom stereocenters. The number of halogens is 3. The zero-order valence-corrected chi connectivity index (χ0v) is 19.1. The van der Waals surface area contributed by atoms with Crippen LogP contribution in [0.25, 0.3) is 17.1 Å². The van der Waals surface area contributed by atoms with Crippen LogP contribution in [-0.4, -0.2) is 59.2 Å². The molecule has 2 amide bonds. The van der Waals surface area contributed by atoms with Crippen LogP contribution in [0.15, 0.2) is 41.4 Å². The number of alkyl halides is 3. The van der Waals surface area contributed by atoms with Gasteiger partial charge in [-0.15, -0.1) is 5.10 Å². The average molecular weight is 502 g/mol. The summed E-state index contributed by atoms with van der Waals surface area (Å²) in [5.74, 6) is -0.349. The Morgan fingerprint density at radius 1 is 1.25 bits per heavy atom. The first-order chi connectivity index (χ1) is 17.2. The fourth-order valence-electron chi connectivity index (χ4n) is 3.97. The Bertz CT molecular complexity index is 1400. The summed E-state index contributed by atoms with van der Waals surface area (Å²) in [6.07, 6.45) is 0.700. The van der Waals surface area contributed by atoms with Gasteiger partial charge in [0.2, 0.25) is 11.9 Å². The maximum Gasteiger partial charge on any atom is 0.433 e. The molecular weight excluding hydrogens is 481 g/mol. The van der Waals surface area contributed by atoms with Crippen LogP contribution in [-0.2, 0) is 17.5 Å². The van der Waals surface area contributed by atoms with Crippen molar-refractivity contribution in [1.82, 2.24) is 34.3 Å². The zero-order valence-electron chi connectivity index (χ0n) is 19.1. The van der Waals surface area contributed by atoms with Gasteiger partial charge in [0.05, 0.1) is 12.5 Å². The van der Waals surface area contributed by atoms with Crippen molar-refractivity contribution >= 4 is 23.4 Å². The highest BCUT2D eigenvalue weighted by Gasteiger charge is 2.36. The predicted octanol–water partition coefficient (Wildman–Crippen LogP) is 3.11. The van der Waals surface area contributed by atoms with Gasteiger partial charge in [0.25, 0.3) is 5.91 Å². The highest BCUT2D eigenvalue weighted by molar-refractivity contribution is 6.07. The number of aromatic nitrogens is 6. The molecular formula is C22H21F3N8O3. The van der Waals surface area contributed by atoms with Gasteiger partial charge in [-0.3, -0.25) is 14.9 Å². The Kier molecular flexibility index (Phi) is 5.94. The molecule has 4 aromatic heterocycles. The molecule has 188 valence electrons. The van der Waals surface area contributed by atoms with Gasteiger partial charge in [0.15, 0.2) is 17.1 Å². The first-order valence-corrected chi connectivity index (χ1v) is 11.2. The van der Waals surface area contributed by atoms with Crippen molar-refractivity contribution in [3.63, 3.8) is 0 Å². The molecule has 1 N–H and O–H groups in total. The standard InChI is InChI=1S/C22H21F3N8O3/c1-13-4-6-31(7-5-13)18(34)11-32-12-26-21(30-32)29-20(35)14-10-27-33-17(22(23,24)25)9-15(28-19(14)33)16-3-2-8-36-16/h2-3,8-10,12-13H,4-7,11H2,1H3,(H,29,30,35). The van der Waals surface area contributed by atoms with Gasteiger partial charge >= 0.3 is 6.18 Å². The summed E-state index contributed by atoms with van der Waals surface area (Å²) in [4.78, 5) is 35.3. The minimum atomic E-state index is -4.76. The summed E-state index contributed by atoms with van der Waals surface area (Å²) >= 11 is 0. The van der Waals surface area contributed by atoms with Crippen LogP contribution < -0.4 is 5.32 Å². The van der Waals surface area contributed by atoms with Crippen molar-refractivity contribution < 1.29 is 27.2 Å². The normalized spacial score (nSPS) is 14.9. The lowest BCUT2D eigenvalue weighted by Gasteiger charge is -2.30. The molecule has 0 bridgehead atoms. The lowest BCUT2D eigenvalue weighted by atomic mass is 9.99. The van der Waals surface area contributed by atoms with E-state index in [4.69, 9.17) is 4.42 Å². The minimum absolute atomic E-state index is 0.0447. The van der Waals surface area contributed by atoms with Gasteiger partial charge in [0, 0.05) is 13.1 Å².